The van der Waals surface area contributed by atoms with E-state index in [1.807, 2.05) is 37.5 Å². The van der Waals surface area contributed by atoms with Gasteiger partial charge in [-0.25, -0.2) is 18.4 Å². The quantitative estimate of drug-likeness (QED) is 0.650. The zero-order valence-corrected chi connectivity index (χ0v) is 17.9. The first-order chi connectivity index (χ1) is 14.4. The standard InChI is InChI=1S/C21H25N5O3S/c1-25(21-19-5-6-22-20(19)23-13-24-21)17-7-14(8-17)12-30(27,28)26-10-15-3-4-18(29-2)9-16(15)11-26/h3-6,9,13-14,17H,7-8,10-12H2,1-2H3,(H,22,23,24)/t14-,17+. The molecule has 8 nitrogen and oxygen atoms in total. The lowest BCUT2D eigenvalue weighted by Gasteiger charge is -2.42. The highest BCUT2D eigenvalue weighted by atomic mass is 32.2. The SMILES string of the molecule is COc1ccc2c(c1)CN(S(=O)(=O)C[C@H]1C[C@@H](N(C)c3ncnc4[nH]ccc34)C1)C2. The van der Waals surface area contributed by atoms with Gasteiger partial charge in [0.25, 0.3) is 0 Å². The van der Waals surface area contributed by atoms with E-state index in [2.05, 4.69) is 19.9 Å². The van der Waals surface area contributed by atoms with Gasteiger partial charge >= 0.3 is 0 Å². The predicted octanol–water partition coefficient (Wildman–Crippen LogP) is 2.53. The Morgan fingerprint density at radius 2 is 2.00 bits per heavy atom. The monoisotopic (exact) mass is 427 g/mol. The molecule has 1 aromatic carbocycles. The number of benzene rings is 1. The maximum Gasteiger partial charge on any atom is 0.214 e. The lowest BCUT2D eigenvalue weighted by atomic mass is 9.81. The van der Waals surface area contributed by atoms with Crippen molar-refractivity contribution in [1.29, 1.82) is 0 Å². The summed E-state index contributed by atoms with van der Waals surface area (Å²) >= 11 is 0. The first-order valence-corrected chi connectivity index (χ1v) is 11.7. The van der Waals surface area contributed by atoms with E-state index in [1.165, 1.54) is 0 Å². The van der Waals surface area contributed by atoms with Gasteiger partial charge in [-0.15, -0.1) is 0 Å². The summed E-state index contributed by atoms with van der Waals surface area (Å²) in [7, 11) is 0.342. The molecule has 0 radical (unpaired) electrons. The van der Waals surface area contributed by atoms with Crippen LogP contribution >= 0.6 is 0 Å². The van der Waals surface area contributed by atoms with Crippen LogP contribution in [0.1, 0.15) is 24.0 Å². The number of nitrogens with zero attached hydrogens (tertiary/aromatic N) is 4. The molecule has 2 aliphatic rings. The molecule has 1 saturated carbocycles. The third kappa shape index (κ3) is 3.31. The lowest BCUT2D eigenvalue weighted by molar-refractivity contribution is 0.277. The van der Waals surface area contributed by atoms with Crippen molar-refractivity contribution in [2.75, 3.05) is 24.8 Å². The van der Waals surface area contributed by atoms with Crippen LogP contribution in [0.15, 0.2) is 36.8 Å². The Morgan fingerprint density at radius 3 is 2.80 bits per heavy atom. The number of H-pyrrole nitrogens is 1. The van der Waals surface area contributed by atoms with Gasteiger partial charge in [0, 0.05) is 32.4 Å². The van der Waals surface area contributed by atoms with E-state index in [9.17, 15) is 8.42 Å². The molecule has 0 amide bonds. The van der Waals surface area contributed by atoms with Crippen molar-refractivity contribution < 1.29 is 13.2 Å². The van der Waals surface area contributed by atoms with E-state index >= 15 is 0 Å². The third-order valence-electron chi connectivity index (χ3n) is 6.37. The number of hydrogen-bond donors (Lipinski definition) is 1. The van der Waals surface area contributed by atoms with Gasteiger partial charge < -0.3 is 14.6 Å². The van der Waals surface area contributed by atoms with Crippen molar-refractivity contribution in [3.05, 3.63) is 47.9 Å². The molecule has 158 valence electrons. The molecule has 3 heterocycles. The minimum absolute atomic E-state index is 0.171. The Bertz CT molecular complexity index is 1190. The highest BCUT2D eigenvalue weighted by Gasteiger charge is 2.39. The van der Waals surface area contributed by atoms with E-state index in [0.717, 1.165) is 46.6 Å². The minimum Gasteiger partial charge on any atom is -0.497 e. The summed E-state index contributed by atoms with van der Waals surface area (Å²) in [6, 6.07) is 8.04. The van der Waals surface area contributed by atoms with Crippen molar-refractivity contribution in [1.82, 2.24) is 19.3 Å². The number of sulfonamides is 1. The van der Waals surface area contributed by atoms with Gasteiger partial charge in [-0.1, -0.05) is 6.07 Å². The molecule has 9 heteroatoms. The van der Waals surface area contributed by atoms with Gasteiger partial charge in [-0.3, -0.25) is 0 Å². The van der Waals surface area contributed by atoms with Crippen LogP contribution in [0.4, 0.5) is 5.82 Å². The number of nitrogens with one attached hydrogen (secondary N) is 1. The predicted molar refractivity (Wildman–Crippen MR) is 115 cm³/mol. The summed E-state index contributed by atoms with van der Waals surface area (Å²) in [6.45, 7) is 0.876. The van der Waals surface area contributed by atoms with Gasteiger partial charge in [0.15, 0.2) is 0 Å². The van der Waals surface area contributed by atoms with Gasteiger partial charge in [0.1, 0.15) is 23.5 Å². The molecular weight excluding hydrogens is 402 g/mol. The molecule has 1 aliphatic carbocycles. The van der Waals surface area contributed by atoms with Gasteiger partial charge in [0.2, 0.25) is 10.0 Å². The average Bonchev–Trinajstić information content (AvgIpc) is 3.36. The largest absolute Gasteiger partial charge is 0.497 e. The van der Waals surface area contributed by atoms with E-state index in [1.54, 1.807) is 17.7 Å². The molecule has 1 fully saturated rings. The second kappa shape index (κ2) is 7.24. The Kier molecular flexibility index (Phi) is 4.67. The molecule has 0 spiro atoms. The molecule has 0 bridgehead atoms. The topological polar surface area (TPSA) is 91.4 Å². The second-order valence-electron chi connectivity index (χ2n) is 8.22. The van der Waals surface area contributed by atoms with Gasteiger partial charge in [0.05, 0.1) is 18.2 Å². The zero-order chi connectivity index (χ0) is 20.9. The van der Waals surface area contributed by atoms with Crippen LogP contribution in [0.3, 0.4) is 0 Å². The number of hydrogen-bond acceptors (Lipinski definition) is 6. The van der Waals surface area contributed by atoms with Crippen LogP contribution in [-0.2, 0) is 23.1 Å². The molecule has 2 aromatic heterocycles. The maximum absolute atomic E-state index is 13.0. The number of fused-ring (bicyclic) bond motifs is 2. The average molecular weight is 428 g/mol. The summed E-state index contributed by atoms with van der Waals surface area (Å²) in [5.74, 6) is 2.02. The van der Waals surface area contributed by atoms with Crippen molar-refractivity contribution in [3.63, 3.8) is 0 Å². The van der Waals surface area contributed by atoms with Crippen molar-refractivity contribution >= 4 is 26.9 Å². The number of methoxy groups -OCH3 is 1. The normalized spacial score (nSPS) is 21.4. The fraction of sp³-hybridized carbons (Fsp3) is 0.429. The minimum atomic E-state index is -3.30. The molecule has 30 heavy (non-hydrogen) atoms. The highest BCUT2D eigenvalue weighted by Crippen LogP contribution is 2.37. The van der Waals surface area contributed by atoms with Crippen LogP contribution in [0, 0.1) is 5.92 Å². The van der Waals surface area contributed by atoms with E-state index < -0.39 is 10.0 Å². The molecule has 0 atom stereocenters. The Morgan fingerprint density at radius 1 is 1.20 bits per heavy atom. The van der Waals surface area contributed by atoms with E-state index in [-0.39, 0.29) is 11.7 Å². The summed E-state index contributed by atoms with van der Waals surface area (Å²) in [6.07, 6.45) is 5.11. The Labute approximate surface area is 175 Å². The third-order valence-corrected chi connectivity index (χ3v) is 8.31. The summed E-state index contributed by atoms with van der Waals surface area (Å²) < 4.78 is 32.9. The molecule has 1 aliphatic heterocycles. The number of ether oxygens (including phenoxy) is 1. The first-order valence-electron chi connectivity index (χ1n) is 10.1. The molecule has 0 unspecified atom stereocenters. The summed E-state index contributed by atoms with van der Waals surface area (Å²) in [5, 5.41) is 0.987. The molecular formula is C21H25N5O3S. The molecule has 5 rings (SSSR count). The van der Waals surface area contributed by atoms with Crippen LogP contribution in [-0.4, -0.2) is 53.6 Å². The van der Waals surface area contributed by atoms with Crippen molar-refractivity contribution in [2.24, 2.45) is 5.92 Å². The van der Waals surface area contributed by atoms with Crippen LogP contribution in [0.25, 0.3) is 11.0 Å². The molecule has 1 N–H and O–H groups in total. The van der Waals surface area contributed by atoms with Gasteiger partial charge in [-0.2, -0.15) is 4.31 Å². The Hall–Kier alpha value is -2.65. The second-order valence-corrected chi connectivity index (χ2v) is 10.2. The smallest absolute Gasteiger partial charge is 0.214 e. The number of rotatable bonds is 6. The van der Waals surface area contributed by atoms with E-state index in [4.69, 9.17) is 4.74 Å². The maximum atomic E-state index is 13.0. The highest BCUT2D eigenvalue weighted by molar-refractivity contribution is 7.89. The fourth-order valence-corrected chi connectivity index (χ4v) is 6.28. The summed E-state index contributed by atoms with van der Waals surface area (Å²) in [5.41, 5.74) is 2.91. The lowest BCUT2D eigenvalue weighted by Crippen LogP contribution is -2.46. The number of aromatic amines is 1. The van der Waals surface area contributed by atoms with Crippen molar-refractivity contribution in [3.8, 4) is 5.75 Å². The Balaban J connectivity index is 1.21. The number of anilines is 1. The zero-order valence-electron chi connectivity index (χ0n) is 17.1. The first kappa shape index (κ1) is 19.3. The summed E-state index contributed by atoms with van der Waals surface area (Å²) in [4.78, 5) is 13.9. The number of aromatic nitrogens is 3. The van der Waals surface area contributed by atoms with Crippen LogP contribution < -0.4 is 9.64 Å². The molecule has 3 aromatic rings. The van der Waals surface area contributed by atoms with Crippen molar-refractivity contribution in [2.45, 2.75) is 32.0 Å². The fourth-order valence-electron chi connectivity index (χ4n) is 4.53. The van der Waals surface area contributed by atoms with E-state index in [0.29, 0.717) is 19.1 Å². The molecule has 0 saturated heterocycles. The van der Waals surface area contributed by atoms with Gasteiger partial charge in [-0.05, 0) is 48.1 Å². The van der Waals surface area contributed by atoms with Crippen LogP contribution in [0.2, 0.25) is 0 Å². The van der Waals surface area contributed by atoms with Crippen LogP contribution in [0.5, 0.6) is 5.75 Å².